The molecule has 0 spiro atoms. The van der Waals surface area contributed by atoms with E-state index < -0.39 is 0 Å². The van der Waals surface area contributed by atoms with Gasteiger partial charge in [-0.15, -0.1) is 0 Å². The Morgan fingerprint density at radius 2 is 1.96 bits per heavy atom. The summed E-state index contributed by atoms with van der Waals surface area (Å²) in [6, 6.07) is 1.91. The number of aromatic nitrogens is 1. The van der Waals surface area contributed by atoms with E-state index in [0.717, 1.165) is 17.4 Å². The summed E-state index contributed by atoms with van der Waals surface area (Å²) in [5.74, 6) is 8.42. The summed E-state index contributed by atoms with van der Waals surface area (Å²) in [4.78, 5) is 6.63. The molecule has 23 heavy (non-hydrogen) atoms. The van der Waals surface area contributed by atoms with E-state index in [4.69, 9.17) is 11.6 Å². The van der Waals surface area contributed by atoms with Gasteiger partial charge in [0.25, 0.3) is 0 Å². The maximum atomic E-state index is 5.78. The predicted octanol–water partition coefficient (Wildman–Crippen LogP) is 3.08. The van der Waals surface area contributed by atoms with Gasteiger partial charge in [-0.3, -0.25) is 5.01 Å². The fourth-order valence-corrected chi connectivity index (χ4v) is 2.85. The molecule has 0 aliphatic carbocycles. The van der Waals surface area contributed by atoms with E-state index in [9.17, 15) is 0 Å². The van der Waals surface area contributed by atoms with E-state index in [-0.39, 0.29) is 0 Å². The Labute approximate surface area is 142 Å². The molecule has 0 amide bonds. The molecule has 1 aliphatic rings. The molecule has 1 aromatic rings. The van der Waals surface area contributed by atoms with Crippen LogP contribution in [0.5, 0.6) is 0 Å². The Morgan fingerprint density at radius 1 is 1.30 bits per heavy atom. The molecule has 0 radical (unpaired) electrons. The third kappa shape index (κ3) is 6.36. The van der Waals surface area contributed by atoms with Crippen molar-refractivity contribution in [1.82, 2.24) is 9.88 Å². The van der Waals surface area contributed by atoms with Crippen molar-refractivity contribution in [3.05, 3.63) is 17.8 Å². The highest BCUT2D eigenvalue weighted by Crippen LogP contribution is 2.23. The molecular weight excluding hydrogens is 286 g/mol. The average molecular weight is 322 g/mol. The van der Waals surface area contributed by atoms with E-state index in [0.29, 0.717) is 17.4 Å². The molecule has 0 aromatic carbocycles. The standard InChI is InChI=1S/C9H16N4.C9H19N/c1-6(2)7-4-8(10)9(12-5-7)13(3)11;1-8(2)9-5-4-6-10(3)7-9/h4-6H,10-11H2,1-3H3;8-9H,4-7H2,1-3H3. The number of nitrogen functional groups attached to an aromatic ring is 1. The van der Waals surface area contributed by atoms with Crippen LogP contribution in [-0.2, 0) is 0 Å². The van der Waals surface area contributed by atoms with E-state index in [2.05, 4.69) is 44.6 Å². The lowest BCUT2D eigenvalue weighted by molar-refractivity contribution is 0.173. The number of hydrogen-bond donors (Lipinski definition) is 2. The van der Waals surface area contributed by atoms with E-state index >= 15 is 0 Å². The van der Waals surface area contributed by atoms with Gasteiger partial charge in [0.2, 0.25) is 0 Å². The number of hydrazine groups is 1. The first kappa shape index (κ1) is 19.7. The lowest BCUT2D eigenvalue weighted by Gasteiger charge is -2.31. The van der Waals surface area contributed by atoms with Crippen LogP contribution in [0.15, 0.2) is 12.3 Å². The van der Waals surface area contributed by atoms with Crippen molar-refractivity contribution in [3.63, 3.8) is 0 Å². The summed E-state index contributed by atoms with van der Waals surface area (Å²) in [6.07, 6.45) is 4.65. The summed E-state index contributed by atoms with van der Waals surface area (Å²) in [5, 5.41) is 1.42. The maximum absolute atomic E-state index is 5.78. The second-order valence-electron chi connectivity index (χ2n) is 7.36. The quantitative estimate of drug-likeness (QED) is 0.661. The molecule has 2 rings (SSSR count). The molecular formula is C18H35N5. The van der Waals surface area contributed by atoms with Gasteiger partial charge in [0, 0.05) is 19.8 Å². The topological polar surface area (TPSA) is 71.4 Å². The van der Waals surface area contributed by atoms with Crippen LogP contribution in [0.1, 0.15) is 52.0 Å². The minimum atomic E-state index is 0.437. The lowest BCUT2D eigenvalue weighted by atomic mass is 9.88. The molecule has 4 N–H and O–H groups in total. The van der Waals surface area contributed by atoms with E-state index in [1.54, 1.807) is 13.2 Å². The number of pyridine rings is 1. The van der Waals surface area contributed by atoms with Crippen LogP contribution >= 0.6 is 0 Å². The molecule has 5 heteroatoms. The molecule has 1 atom stereocenters. The highest BCUT2D eigenvalue weighted by Gasteiger charge is 2.19. The minimum Gasteiger partial charge on any atom is -0.396 e. The Bertz CT molecular complexity index is 470. The average Bonchev–Trinajstić information content (AvgIpc) is 2.47. The molecule has 0 bridgehead atoms. The van der Waals surface area contributed by atoms with Crippen LogP contribution in [0, 0.1) is 11.8 Å². The molecule has 0 saturated carbocycles. The Hall–Kier alpha value is -1.33. The van der Waals surface area contributed by atoms with Crippen LogP contribution in [0.2, 0.25) is 0 Å². The molecule has 1 aromatic heterocycles. The first-order valence-electron chi connectivity index (χ1n) is 8.64. The van der Waals surface area contributed by atoms with E-state index in [1.165, 1.54) is 30.9 Å². The van der Waals surface area contributed by atoms with Crippen LogP contribution in [0.3, 0.4) is 0 Å². The third-order valence-corrected chi connectivity index (χ3v) is 4.52. The summed E-state index contributed by atoms with van der Waals surface area (Å²) in [7, 11) is 3.95. The minimum absolute atomic E-state index is 0.437. The first-order chi connectivity index (χ1) is 10.7. The Morgan fingerprint density at radius 3 is 2.35 bits per heavy atom. The molecule has 1 fully saturated rings. The molecule has 1 aliphatic heterocycles. The SMILES string of the molecule is CC(C)C1CCCN(C)C1.CC(C)c1cnc(N(C)N)c(N)c1. The molecule has 1 unspecified atom stereocenters. The maximum Gasteiger partial charge on any atom is 0.165 e. The summed E-state index contributed by atoms with van der Waals surface area (Å²) in [6.45, 7) is 11.5. The van der Waals surface area contributed by atoms with Crippen molar-refractivity contribution in [2.75, 3.05) is 37.9 Å². The normalized spacial score (nSPS) is 18.7. The summed E-state index contributed by atoms with van der Waals surface area (Å²) < 4.78 is 0. The van der Waals surface area contributed by atoms with Crippen LogP contribution in [-0.4, -0.2) is 37.1 Å². The predicted molar refractivity (Wildman–Crippen MR) is 100 cm³/mol. The van der Waals surface area contributed by atoms with Gasteiger partial charge in [0.1, 0.15) is 0 Å². The highest BCUT2D eigenvalue weighted by atomic mass is 15.4. The Balaban J connectivity index is 0.000000238. The summed E-state index contributed by atoms with van der Waals surface area (Å²) >= 11 is 0. The number of anilines is 2. The number of hydrogen-bond acceptors (Lipinski definition) is 5. The van der Waals surface area contributed by atoms with Crippen LogP contribution < -0.4 is 16.6 Å². The molecule has 2 heterocycles. The monoisotopic (exact) mass is 321 g/mol. The highest BCUT2D eigenvalue weighted by molar-refractivity contribution is 5.62. The van der Waals surface area contributed by atoms with Crippen LogP contribution in [0.4, 0.5) is 11.5 Å². The zero-order chi connectivity index (χ0) is 17.6. The van der Waals surface area contributed by atoms with Crippen molar-refractivity contribution in [2.24, 2.45) is 17.7 Å². The fraction of sp³-hybridized carbons (Fsp3) is 0.722. The van der Waals surface area contributed by atoms with Crippen molar-refractivity contribution in [3.8, 4) is 0 Å². The van der Waals surface area contributed by atoms with Crippen molar-refractivity contribution in [2.45, 2.75) is 46.5 Å². The number of likely N-dealkylation sites (tertiary alicyclic amines) is 1. The van der Waals surface area contributed by atoms with Crippen molar-refractivity contribution >= 4 is 11.5 Å². The van der Waals surface area contributed by atoms with Gasteiger partial charge >= 0.3 is 0 Å². The van der Waals surface area contributed by atoms with Gasteiger partial charge in [-0.25, -0.2) is 10.8 Å². The van der Waals surface area contributed by atoms with Crippen LogP contribution in [0.25, 0.3) is 0 Å². The third-order valence-electron chi connectivity index (χ3n) is 4.52. The number of nitrogens with two attached hydrogens (primary N) is 2. The zero-order valence-electron chi connectivity index (χ0n) is 15.7. The molecule has 1 saturated heterocycles. The lowest BCUT2D eigenvalue weighted by Crippen LogP contribution is -2.34. The number of nitrogens with zero attached hydrogens (tertiary/aromatic N) is 3. The first-order valence-corrected chi connectivity index (χ1v) is 8.64. The molecule has 5 nitrogen and oxygen atoms in total. The van der Waals surface area contributed by atoms with Gasteiger partial charge in [0.15, 0.2) is 5.82 Å². The Kier molecular flexibility index (Phi) is 7.79. The van der Waals surface area contributed by atoms with Gasteiger partial charge in [-0.2, -0.15) is 0 Å². The van der Waals surface area contributed by atoms with E-state index in [1.807, 2.05) is 6.07 Å². The smallest absolute Gasteiger partial charge is 0.165 e. The van der Waals surface area contributed by atoms with Crippen molar-refractivity contribution < 1.29 is 0 Å². The number of piperidine rings is 1. The second kappa shape index (κ2) is 9.08. The number of rotatable bonds is 3. The van der Waals surface area contributed by atoms with Gasteiger partial charge in [-0.1, -0.05) is 27.7 Å². The second-order valence-corrected chi connectivity index (χ2v) is 7.36. The largest absolute Gasteiger partial charge is 0.396 e. The van der Waals surface area contributed by atoms with Gasteiger partial charge < -0.3 is 10.6 Å². The molecule has 132 valence electrons. The fourth-order valence-electron chi connectivity index (χ4n) is 2.85. The van der Waals surface area contributed by atoms with Gasteiger partial charge in [-0.05, 0) is 55.8 Å². The zero-order valence-corrected chi connectivity index (χ0v) is 15.7. The van der Waals surface area contributed by atoms with Crippen molar-refractivity contribution in [1.29, 1.82) is 0 Å². The van der Waals surface area contributed by atoms with Gasteiger partial charge in [0.05, 0.1) is 5.69 Å². The summed E-state index contributed by atoms with van der Waals surface area (Å²) in [5.41, 5.74) is 7.53.